The molecule has 1 saturated heterocycles. The number of carbonyl (C=O) groups excluding carboxylic acids is 1. The zero-order valence-electron chi connectivity index (χ0n) is 15.3. The first-order valence-corrected chi connectivity index (χ1v) is 8.70. The molecular weight excluding hydrogens is 352 g/mol. The Hall–Kier alpha value is -1.64. The Morgan fingerprint density at radius 1 is 1.31 bits per heavy atom. The lowest BCUT2D eigenvalue weighted by Gasteiger charge is -2.37. The van der Waals surface area contributed by atoms with E-state index in [-0.39, 0.29) is 30.5 Å². The first-order valence-electron chi connectivity index (χ1n) is 8.70. The number of aromatic nitrogens is 2. The fourth-order valence-corrected chi connectivity index (χ4v) is 2.76. The summed E-state index contributed by atoms with van der Waals surface area (Å²) in [5.74, 6) is -0.791. The minimum Gasteiger partial charge on any atom is -0.348 e. The molecule has 0 unspecified atom stereocenters. The molecule has 0 saturated carbocycles. The number of aromatic amines is 1. The minimum atomic E-state index is -4.63. The molecule has 1 aliphatic rings. The van der Waals surface area contributed by atoms with Gasteiger partial charge in [-0.1, -0.05) is 20.8 Å². The number of hydrogen-bond acceptors (Lipinski definition) is 3. The third-order valence-electron chi connectivity index (χ3n) is 4.61. The van der Waals surface area contributed by atoms with E-state index in [0.717, 1.165) is 13.0 Å². The number of likely N-dealkylation sites (tertiary alicyclic amines) is 1. The average molecular weight is 378 g/mol. The zero-order chi connectivity index (χ0) is 19.6. The van der Waals surface area contributed by atoms with Crippen LogP contribution < -0.4 is 5.32 Å². The van der Waals surface area contributed by atoms with Crippen molar-refractivity contribution >= 4 is 5.91 Å². The maximum absolute atomic E-state index is 14.8. The summed E-state index contributed by atoms with van der Waals surface area (Å²) in [4.78, 5) is 14.1. The third-order valence-corrected chi connectivity index (χ3v) is 4.61. The van der Waals surface area contributed by atoms with Gasteiger partial charge in [-0.15, -0.1) is 0 Å². The number of amides is 1. The van der Waals surface area contributed by atoms with Crippen molar-refractivity contribution in [3.8, 4) is 0 Å². The maximum atomic E-state index is 14.8. The van der Waals surface area contributed by atoms with Crippen LogP contribution in [0, 0.1) is 5.41 Å². The number of halogens is 4. The molecule has 9 heteroatoms. The number of nitrogens with one attached hydrogen (secondary N) is 2. The van der Waals surface area contributed by atoms with Crippen LogP contribution in [0.5, 0.6) is 0 Å². The quantitative estimate of drug-likeness (QED) is 0.772. The molecule has 2 N–H and O–H groups in total. The number of H-pyrrole nitrogens is 1. The number of alkyl halides is 4. The fraction of sp³-hybridized carbons (Fsp3) is 0.765. The van der Waals surface area contributed by atoms with Crippen LogP contribution in [0.3, 0.4) is 0 Å². The predicted molar refractivity (Wildman–Crippen MR) is 89.5 cm³/mol. The van der Waals surface area contributed by atoms with Crippen molar-refractivity contribution in [2.45, 2.75) is 51.9 Å². The molecule has 1 aromatic heterocycles. The van der Waals surface area contributed by atoms with Crippen LogP contribution in [0.4, 0.5) is 17.6 Å². The predicted octanol–water partition coefficient (Wildman–Crippen LogP) is 3.40. The van der Waals surface area contributed by atoms with Crippen molar-refractivity contribution in [1.82, 2.24) is 20.4 Å². The lowest BCUT2D eigenvalue weighted by molar-refractivity contribution is -0.141. The van der Waals surface area contributed by atoms with Crippen LogP contribution in [0.1, 0.15) is 56.2 Å². The van der Waals surface area contributed by atoms with Gasteiger partial charge in [-0.3, -0.25) is 9.89 Å². The highest BCUT2D eigenvalue weighted by atomic mass is 19.4. The van der Waals surface area contributed by atoms with Crippen molar-refractivity contribution in [1.29, 1.82) is 0 Å². The maximum Gasteiger partial charge on any atom is 0.435 e. The van der Waals surface area contributed by atoms with E-state index >= 15 is 0 Å². The highest BCUT2D eigenvalue weighted by Gasteiger charge is 2.36. The van der Waals surface area contributed by atoms with E-state index in [1.807, 2.05) is 5.10 Å². The summed E-state index contributed by atoms with van der Waals surface area (Å²) in [5.41, 5.74) is -2.83. The van der Waals surface area contributed by atoms with Gasteiger partial charge in [0.2, 0.25) is 0 Å². The second-order valence-electron chi connectivity index (χ2n) is 8.15. The normalized spacial score (nSPS) is 18.7. The summed E-state index contributed by atoms with van der Waals surface area (Å²) in [6, 6.07) is 0.620. The summed E-state index contributed by atoms with van der Waals surface area (Å²) in [5, 5.41) is 7.47. The standard InChI is InChI=1S/C17H26F4N4O/c1-15(2,3)4-7-25-8-5-16(18,6-9-25)11-22-14(26)12-10-13(24-23-12)17(19,20)21/h10H,4-9,11H2,1-3H3,(H,22,26)(H,23,24). The van der Waals surface area contributed by atoms with Gasteiger partial charge in [0.1, 0.15) is 11.4 Å². The van der Waals surface area contributed by atoms with Crippen LogP contribution in [-0.4, -0.2) is 52.9 Å². The molecule has 2 heterocycles. The molecule has 0 spiro atoms. The smallest absolute Gasteiger partial charge is 0.348 e. The van der Waals surface area contributed by atoms with E-state index in [1.54, 1.807) is 0 Å². The van der Waals surface area contributed by atoms with Gasteiger partial charge in [0, 0.05) is 19.2 Å². The number of rotatable bonds is 5. The van der Waals surface area contributed by atoms with Crippen molar-refractivity contribution < 1.29 is 22.4 Å². The number of carbonyl (C=O) groups is 1. The Labute approximate surface area is 150 Å². The van der Waals surface area contributed by atoms with Gasteiger partial charge < -0.3 is 10.2 Å². The molecule has 2 rings (SSSR count). The van der Waals surface area contributed by atoms with Crippen LogP contribution in [-0.2, 0) is 6.18 Å². The van der Waals surface area contributed by atoms with E-state index in [0.29, 0.717) is 19.2 Å². The molecule has 0 aliphatic carbocycles. The third kappa shape index (κ3) is 5.96. The molecule has 0 aromatic carbocycles. The van der Waals surface area contributed by atoms with Crippen LogP contribution in [0.15, 0.2) is 6.07 Å². The number of hydrogen-bond donors (Lipinski definition) is 2. The Morgan fingerprint density at radius 3 is 2.42 bits per heavy atom. The minimum absolute atomic E-state index is 0.220. The highest BCUT2D eigenvalue weighted by Crippen LogP contribution is 2.29. The SMILES string of the molecule is CC(C)(C)CCN1CCC(F)(CNC(=O)c2cc(C(F)(F)F)n[nH]2)CC1. The van der Waals surface area contributed by atoms with Crippen LogP contribution in [0.25, 0.3) is 0 Å². The van der Waals surface area contributed by atoms with Gasteiger partial charge in [0.15, 0.2) is 5.69 Å². The Bertz CT molecular complexity index is 613. The molecule has 5 nitrogen and oxygen atoms in total. The monoisotopic (exact) mass is 378 g/mol. The van der Waals surface area contributed by atoms with Crippen LogP contribution in [0.2, 0.25) is 0 Å². The van der Waals surface area contributed by atoms with Gasteiger partial charge >= 0.3 is 6.18 Å². The lowest BCUT2D eigenvalue weighted by Crippen LogP contribution is -2.48. The number of nitrogens with zero attached hydrogens (tertiary/aromatic N) is 2. The molecule has 26 heavy (non-hydrogen) atoms. The van der Waals surface area contributed by atoms with E-state index in [4.69, 9.17) is 0 Å². The van der Waals surface area contributed by atoms with E-state index < -0.39 is 23.4 Å². The summed E-state index contributed by atoms with van der Waals surface area (Å²) < 4.78 is 52.3. The molecule has 0 bridgehead atoms. The molecule has 1 fully saturated rings. The summed E-state index contributed by atoms with van der Waals surface area (Å²) in [6.45, 7) is 8.36. The van der Waals surface area contributed by atoms with Gasteiger partial charge in [0.05, 0.1) is 6.54 Å². The van der Waals surface area contributed by atoms with Gasteiger partial charge in [-0.05, 0) is 31.2 Å². The largest absolute Gasteiger partial charge is 0.435 e. The Kier molecular flexibility index (Phi) is 5.99. The van der Waals surface area contributed by atoms with Crippen molar-refractivity contribution in [2.24, 2.45) is 5.41 Å². The summed E-state index contributed by atoms with van der Waals surface area (Å²) >= 11 is 0. The van der Waals surface area contributed by atoms with Crippen molar-refractivity contribution in [3.05, 3.63) is 17.5 Å². The Balaban J connectivity index is 1.80. The van der Waals surface area contributed by atoms with Crippen LogP contribution >= 0.6 is 0 Å². The van der Waals surface area contributed by atoms with Crippen molar-refractivity contribution in [3.63, 3.8) is 0 Å². The van der Waals surface area contributed by atoms with E-state index in [1.165, 1.54) is 0 Å². The molecule has 0 atom stereocenters. The van der Waals surface area contributed by atoms with E-state index in [2.05, 4.69) is 36.1 Å². The Morgan fingerprint density at radius 2 is 1.92 bits per heavy atom. The highest BCUT2D eigenvalue weighted by molar-refractivity contribution is 5.92. The van der Waals surface area contributed by atoms with Gasteiger partial charge in [-0.2, -0.15) is 18.3 Å². The summed E-state index contributed by atoms with van der Waals surface area (Å²) in [6.07, 6.45) is -3.04. The molecule has 1 amide bonds. The molecule has 1 aromatic rings. The first-order chi connectivity index (χ1) is 11.9. The first kappa shape index (κ1) is 20.7. The molecule has 0 radical (unpaired) electrons. The lowest BCUT2D eigenvalue weighted by atomic mass is 9.90. The molecule has 148 valence electrons. The fourth-order valence-electron chi connectivity index (χ4n) is 2.76. The van der Waals surface area contributed by atoms with Crippen molar-refractivity contribution in [2.75, 3.05) is 26.2 Å². The second kappa shape index (κ2) is 7.54. The van der Waals surface area contributed by atoms with E-state index in [9.17, 15) is 22.4 Å². The molecular formula is C17H26F4N4O. The van der Waals surface area contributed by atoms with Gasteiger partial charge in [-0.25, -0.2) is 4.39 Å². The zero-order valence-corrected chi connectivity index (χ0v) is 15.3. The average Bonchev–Trinajstić information content (AvgIpc) is 3.02. The number of piperidine rings is 1. The summed E-state index contributed by atoms with van der Waals surface area (Å²) in [7, 11) is 0. The topological polar surface area (TPSA) is 61.0 Å². The second-order valence-corrected chi connectivity index (χ2v) is 8.15. The molecule has 1 aliphatic heterocycles. The van der Waals surface area contributed by atoms with Gasteiger partial charge in [0.25, 0.3) is 5.91 Å².